The number of H-pyrrole nitrogens is 1. The van der Waals surface area contributed by atoms with Crippen LogP contribution in [0.3, 0.4) is 0 Å². The highest BCUT2D eigenvalue weighted by Crippen LogP contribution is 2.48. The molecule has 6 heteroatoms. The normalized spacial score (nSPS) is 22.3. The molecule has 5 rings (SSSR count). The van der Waals surface area contributed by atoms with Gasteiger partial charge in [-0.1, -0.05) is 0 Å². The Bertz CT molecular complexity index is 1160. The van der Waals surface area contributed by atoms with Crippen LogP contribution in [0.4, 0.5) is 0 Å². The molecule has 1 aliphatic carbocycles. The number of hydrogen-bond donors (Lipinski definition) is 1. The second-order valence-electron chi connectivity index (χ2n) is 9.44. The first-order chi connectivity index (χ1) is 16.7. The summed E-state index contributed by atoms with van der Waals surface area (Å²) >= 11 is 0. The van der Waals surface area contributed by atoms with Gasteiger partial charge in [-0.15, -0.1) is 0 Å². The number of fused-ring (bicyclic) bond motifs is 2. The van der Waals surface area contributed by atoms with Gasteiger partial charge in [0, 0.05) is 23.6 Å². The lowest BCUT2D eigenvalue weighted by atomic mass is 9.72. The number of nitrogens with one attached hydrogen (secondary N) is 1. The molecule has 1 aromatic heterocycles. The molecule has 1 amide bonds. The molecule has 0 bridgehead atoms. The Hall–Kier alpha value is -3.15. The second-order valence-corrected chi connectivity index (χ2v) is 9.44. The van der Waals surface area contributed by atoms with E-state index in [1.165, 1.54) is 22.1 Å². The van der Waals surface area contributed by atoms with Crippen molar-refractivity contribution in [1.29, 1.82) is 0 Å². The minimum atomic E-state index is 0.0929. The van der Waals surface area contributed by atoms with Gasteiger partial charge in [-0.05, 0) is 97.9 Å². The van der Waals surface area contributed by atoms with E-state index in [9.17, 15) is 4.79 Å². The van der Waals surface area contributed by atoms with Crippen LogP contribution in [0.5, 0.6) is 17.2 Å². The third kappa shape index (κ3) is 3.99. The highest BCUT2D eigenvalue weighted by atomic mass is 16.5. The Morgan fingerprint density at radius 2 is 1.85 bits per heavy atom. The number of nitrogens with zero attached hydrogens (tertiary/aromatic N) is 1. The molecule has 2 aromatic carbocycles. The standard InChI is InChI=1S/C28H34N2O4/c1-4-34-27-15-22-20(13-26(27)33-3)11-12-30(17-31)28(22)19-7-5-18(6-8-19)24-16-29-25-10-9-21(32-2)14-23(24)25/h9-10,13-19,28-29H,4-8,11-12H2,1-3H3/t18?,19?,28-/m1/s1. The number of carbonyl (C=O) groups excluding carboxylic acids is 1. The third-order valence-electron chi connectivity index (χ3n) is 7.76. The maximum atomic E-state index is 12.1. The van der Waals surface area contributed by atoms with E-state index < -0.39 is 0 Å². The van der Waals surface area contributed by atoms with E-state index in [0.29, 0.717) is 18.4 Å². The van der Waals surface area contributed by atoms with Crippen molar-refractivity contribution >= 4 is 17.3 Å². The number of carbonyl (C=O) groups is 1. The Morgan fingerprint density at radius 1 is 1.03 bits per heavy atom. The Morgan fingerprint density at radius 3 is 2.56 bits per heavy atom. The van der Waals surface area contributed by atoms with Gasteiger partial charge in [0.05, 0.1) is 26.9 Å². The van der Waals surface area contributed by atoms with E-state index in [1.54, 1.807) is 14.2 Å². The highest BCUT2D eigenvalue weighted by Gasteiger charge is 2.37. The van der Waals surface area contributed by atoms with Gasteiger partial charge in [-0.25, -0.2) is 0 Å². The quantitative estimate of drug-likeness (QED) is 0.463. The summed E-state index contributed by atoms with van der Waals surface area (Å²) in [6, 6.07) is 10.6. The van der Waals surface area contributed by atoms with E-state index in [1.807, 2.05) is 17.9 Å². The first-order valence-electron chi connectivity index (χ1n) is 12.4. The van der Waals surface area contributed by atoms with Gasteiger partial charge in [0.15, 0.2) is 11.5 Å². The monoisotopic (exact) mass is 462 g/mol. The van der Waals surface area contributed by atoms with Crippen molar-refractivity contribution in [2.75, 3.05) is 27.4 Å². The summed E-state index contributed by atoms with van der Waals surface area (Å²) in [4.78, 5) is 17.5. The molecule has 1 aliphatic heterocycles. The van der Waals surface area contributed by atoms with Crippen LogP contribution in [-0.4, -0.2) is 43.7 Å². The number of hydrogen-bond acceptors (Lipinski definition) is 4. The minimum Gasteiger partial charge on any atom is -0.497 e. The molecule has 1 N–H and O–H groups in total. The Balaban J connectivity index is 1.40. The first kappa shape index (κ1) is 22.6. The number of amides is 1. The fourth-order valence-corrected chi connectivity index (χ4v) is 6.08. The molecular formula is C28H34N2O4. The lowest BCUT2D eigenvalue weighted by molar-refractivity contribution is -0.122. The summed E-state index contributed by atoms with van der Waals surface area (Å²) < 4.78 is 16.9. The van der Waals surface area contributed by atoms with Crippen LogP contribution >= 0.6 is 0 Å². The molecule has 0 spiro atoms. The van der Waals surface area contributed by atoms with Crippen molar-refractivity contribution in [1.82, 2.24) is 9.88 Å². The molecule has 3 aromatic rings. The molecule has 2 aliphatic rings. The van der Waals surface area contributed by atoms with Crippen molar-refractivity contribution < 1.29 is 19.0 Å². The zero-order valence-electron chi connectivity index (χ0n) is 20.3. The Kier molecular flexibility index (Phi) is 6.40. The van der Waals surface area contributed by atoms with Crippen molar-refractivity contribution in [3.8, 4) is 17.2 Å². The fraction of sp³-hybridized carbons (Fsp3) is 0.464. The summed E-state index contributed by atoms with van der Waals surface area (Å²) in [6.45, 7) is 3.31. The van der Waals surface area contributed by atoms with Crippen LogP contribution in [0.2, 0.25) is 0 Å². The average molecular weight is 463 g/mol. The summed E-state index contributed by atoms with van der Waals surface area (Å²) in [6.07, 6.45) is 8.46. The van der Waals surface area contributed by atoms with Gasteiger partial charge in [0.1, 0.15) is 5.75 Å². The minimum absolute atomic E-state index is 0.0929. The van der Waals surface area contributed by atoms with E-state index in [-0.39, 0.29) is 6.04 Å². The molecular weight excluding hydrogens is 428 g/mol. The summed E-state index contributed by atoms with van der Waals surface area (Å²) in [7, 11) is 3.40. The molecule has 2 heterocycles. The van der Waals surface area contributed by atoms with Crippen molar-refractivity contribution in [3.05, 3.63) is 53.2 Å². The number of benzene rings is 2. The maximum Gasteiger partial charge on any atom is 0.210 e. The fourth-order valence-electron chi connectivity index (χ4n) is 6.08. The van der Waals surface area contributed by atoms with Crippen molar-refractivity contribution in [2.45, 2.75) is 51.0 Å². The molecule has 180 valence electrons. The number of aromatic nitrogens is 1. The molecule has 1 saturated carbocycles. The van der Waals surface area contributed by atoms with Crippen molar-refractivity contribution in [3.63, 3.8) is 0 Å². The summed E-state index contributed by atoms with van der Waals surface area (Å²) in [5, 5.41) is 1.26. The van der Waals surface area contributed by atoms with E-state index >= 15 is 0 Å². The molecule has 0 radical (unpaired) electrons. The topological polar surface area (TPSA) is 63.8 Å². The van der Waals surface area contributed by atoms with Gasteiger partial charge in [-0.3, -0.25) is 4.79 Å². The van der Waals surface area contributed by atoms with Gasteiger partial charge in [0.25, 0.3) is 0 Å². The number of aromatic amines is 1. The zero-order valence-corrected chi connectivity index (χ0v) is 20.3. The van der Waals surface area contributed by atoms with Crippen LogP contribution < -0.4 is 14.2 Å². The highest BCUT2D eigenvalue weighted by molar-refractivity contribution is 5.85. The number of methoxy groups -OCH3 is 2. The molecule has 34 heavy (non-hydrogen) atoms. The van der Waals surface area contributed by atoms with E-state index in [2.05, 4.69) is 35.4 Å². The smallest absolute Gasteiger partial charge is 0.210 e. The third-order valence-corrected chi connectivity index (χ3v) is 7.76. The molecule has 0 unspecified atom stereocenters. The maximum absolute atomic E-state index is 12.1. The predicted octanol–water partition coefficient (Wildman–Crippen LogP) is 5.61. The van der Waals surface area contributed by atoms with E-state index in [4.69, 9.17) is 14.2 Å². The average Bonchev–Trinajstić information content (AvgIpc) is 3.31. The largest absolute Gasteiger partial charge is 0.497 e. The van der Waals surface area contributed by atoms with Crippen LogP contribution in [0, 0.1) is 5.92 Å². The van der Waals surface area contributed by atoms with Gasteiger partial charge in [-0.2, -0.15) is 0 Å². The van der Waals surface area contributed by atoms with E-state index in [0.717, 1.165) is 67.8 Å². The SMILES string of the molecule is CCOc1cc2c(cc1OC)CCN(C=O)[C@@H]2C1CCC(c2c[nH]c3ccc(OC)cc23)CC1. The van der Waals surface area contributed by atoms with Crippen molar-refractivity contribution in [2.24, 2.45) is 5.92 Å². The molecule has 6 nitrogen and oxygen atoms in total. The van der Waals surface area contributed by atoms with Crippen LogP contribution in [0.1, 0.15) is 61.3 Å². The lowest BCUT2D eigenvalue weighted by Crippen LogP contribution is -2.39. The van der Waals surface area contributed by atoms with Crippen LogP contribution in [-0.2, 0) is 11.2 Å². The first-order valence-corrected chi connectivity index (χ1v) is 12.4. The number of rotatable bonds is 7. The predicted molar refractivity (Wildman–Crippen MR) is 133 cm³/mol. The summed E-state index contributed by atoms with van der Waals surface area (Å²) in [5.74, 6) is 3.38. The zero-order chi connectivity index (χ0) is 23.7. The summed E-state index contributed by atoms with van der Waals surface area (Å²) in [5.41, 5.74) is 5.03. The Labute approximate surface area is 201 Å². The molecule has 0 saturated heterocycles. The molecule has 1 atom stereocenters. The molecule has 1 fully saturated rings. The van der Waals surface area contributed by atoms with Crippen LogP contribution in [0.25, 0.3) is 10.9 Å². The second kappa shape index (κ2) is 9.61. The lowest BCUT2D eigenvalue weighted by Gasteiger charge is -2.42. The van der Waals surface area contributed by atoms with Gasteiger partial charge >= 0.3 is 0 Å². The van der Waals surface area contributed by atoms with Gasteiger partial charge in [0.2, 0.25) is 6.41 Å². The number of ether oxygens (including phenoxy) is 3. The van der Waals surface area contributed by atoms with Gasteiger partial charge < -0.3 is 24.1 Å². The van der Waals surface area contributed by atoms with Crippen LogP contribution in [0.15, 0.2) is 36.5 Å².